The fourth-order valence-electron chi connectivity index (χ4n) is 2.19. The zero-order valence-corrected chi connectivity index (χ0v) is 12.2. The molecule has 0 aromatic rings. The van der Waals surface area contributed by atoms with Crippen LogP contribution in [0.2, 0.25) is 0 Å². The average Bonchev–Trinajstić information content (AvgIpc) is 2.34. The topological polar surface area (TPSA) is 101 Å². The van der Waals surface area contributed by atoms with Gasteiger partial charge in [-0.1, -0.05) is 27.7 Å². The van der Waals surface area contributed by atoms with Gasteiger partial charge in [-0.2, -0.15) is 0 Å². The predicted molar refractivity (Wildman–Crippen MR) is 73.6 cm³/mol. The van der Waals surface area contributed by atoms with E-state index in [1.54, 1.807) is 0 Å². The Hall–Kier alpha value is -0.620. The zero-order chi connectivity index (χ0) is 15.2. The first-order valence-electron chi connectivity index (χ1n) is 6.76. The number of rotatable bonds is 8. The van der Waals surface area contributed by atoms with Crippen LogP contribution < -0.4 is 0 Å². The summed E-state index contributed by atoms with van der Waals surface area (Å²) in [5.41, 5.74) is 0. The van der Waals surface area contributed by atoms with Crippen LogP contribution in [0.3, 0.4) is 0 Å². The fourth-order valence-corrected chi connectivity index (χ4v) is 2.19. The van der Waals surface area contributed by atoms with Crippen molar-refractivity contribution in [2.45, 2.75) is 52.4 Å². The molecule has 0 unspecified atom stereocenters. The second kappa shape index (κ2) is 8.53. The number of aliphatic hydroxyl groups excluding tert-OH is 5. The van der Waals surface area contributed by atoms with Crippen LogP contribution in [0.25, 0.3) is 0 Å². The molecule has 0 aromatic heterocycles. The van der Waals surface area contributed by atoms with Crippen molar-refractivity contribution in [1.82, 2.24) is 0 Å². The highest BCUT2D eigenvalue weighted by molar-refractivity contribution is 5.03. The predicted octanol–water partition coefficient (Wildman–Crippen LogP) is 0.822. The zero-order valence-electron chi connectivity index (χ0n) is 12.2. The largest absolute Gasteiger partial charge is 0.510 e. The van der Waals surface area contributed by atoms with Crippen LogP contribution in [0, 0.1) is 17.8 Å². The summed E-state index contributed by atoms with van der Waals surface area (Å²) in [6, 6.07) is 0. The third-order valence-corrected chi connectivity index (χ3v) is 3.52. The van der Waals surface area contributed by atoms with Gasteiger partial charge in [0.1, 0.15) is 24.1 Å². The van der Waals surface area contributed by atoms with E-state index < -0.39 is 24.9 Å². The summed E-state index contributed by atoms with van der Waals surface area (Å²) in [5.74, 6) is 0.865. The third-order valence-electron chi connectivity index (χ3n) is 3.52. The summed E-state index contributed by atoms with van der Waals surface area (Å²) in [6.07, 6.45) is -2.60. The Morgan fingerprint density at radius 1 is 1.00 bits per heavy atom. The van der Waals surface area contributed by atoms with Gasteiger partial charge in [0.2, 0.25) is 0 Å². The van der Waals surface area contributed by atoms with E-state index in [-0.39, 0.29) is 5.76 Å². The molecule has 0 amide bonds. The molecule has 5 heteroatoms. The van der Waals surface area contributed by atoms with E-state index in [2.05, 4.69) is 27.7 Å². The number of aliphatic hydroxyl groups is 5. The Morgan fingerprint density at radius 2 is 1.47 bits per heavy atom. The van der Waals surface area contributed by atoms with E-state index in [0.29, 0.717) is 24.2 Å². The summed E-state index contributed by atoms with van der Waals surface area (Å²) in [4.78, 5) is 0. The third kappa shape index (κ3) is 5.91. The van der Waals surface area contributed by atoms with E-state index >= 15 is 0 Å². The molecule has 0 radical (unpaired) electrons. The molecule has 0 spiro atoms. The minimum atomic E-state index is -1.60. The first kappa shape index (κ1) is 18.4. The van der Waals surface area contributed by atoms with Gasteiger partial charge in [0.25, 0.3) is 0 Å². The van der Waals surface area contributed by atoms with Crippen molar-refractivity contribution in [3.63, 3.8) is 0 Å². The minimum absolute atomic E-state index is 0.356. The monoisotopic (exact) mass is 276 g/mol. The molecule has 114 valence electrons. The standard InChI is InChI=1S/C14H28O5/c1-8(2)10(9(3)4)5-6-11(16)13(18)14(19)12(17)7-15/h6,8-10,12-19H,5,7H2,1-4H3/b11-6-/t12-,13-,14-/m1/s1. The number of allylic oxidation sites excluding steroid dienone is 1. The Bertz CT molecular complexity index is 267. The molecule has 0 aromatic carbocycles. The highest BCUT2D eigenvalue weighted by Gasteiger charge is 2.27. The Morgan fingerprint density at radius 3 is 1.84 bits per heavy atom. The van der Waals surface area contributed by atoms with Gasteiger partial charge in [-0.15, -0.1) is 0 Å². The molecule has 0 aliphatic rings. The van der Waals surface area contributed by atoms with Gasteiger partial charge in [0.05, 0.1) is 6.61 Å². The molecule has 0 saturated carbocycles. The summed E-state index contributed by atoms with van der Waals surface area (Å²) in [7, 11) is 0. The summed E-state index contributed by atoms with van der Waals surface area (Å²) < 4.78 is 0. The van der Waals surface area contributed by atoms with Crippen LogP contribution in [0.1, 0.15) is 34.1 Å². The van der Waals surface area contributed by atoms with Gasteiger partial charge < -0.3 is 25.5 Å². The number of hydrogen-bond acceptors (Lipinski definition) is 5. The lowest BCUT2D eigenvalue weighted by Gasteiger charge is -2.25. The smallest absolute Gasteiger partial charge is 0.139 e. The maximum Gasteiger partial charge on any atom is 0.139 e. The maximum absolute atomic E-state index is 9.70. The minimum Gasteiger partial charge on any atom is -0.510 e. The van der Waals surface area contributed by atoms with Crippen molar-refractivity contribution in [2.24, 2.45) is 17.8 Å². The molecule has 0 heterocycles. The van der Waals surface area contributed by atoms with E-state index in [1.165, 1.54) is 6.08 Å². The van der Waals surface area contributed by atoms with Gasteiger partial charge in [0, 0.05) is 0 Å². The van der Waals surface area contributed by atoms with Gasteiger partial charge in [-0.3, -0.25) is 0 Å². The molecule has 0 rings (SSSR count). The van der Waals surface area contributed by atoms with E-state index in [4.69, 9.17) is 5.11 Å². The van der Waals surface area contributed by atoms with Crippen molar-refractivity contribution in [3.8, 4) is 0 Å². The molecule has 5 nitrogen and oxygen atoms in total. The molecular weight excluding hydrogens is 248 g/mol. The van der Waals surface area contributed by atoms with Gasteiger partial charge in [-0.25, -0.2) is 0 Å². The Balaban J connectivity index is 4.62. The lowest BCUT2D eigenvalue weighted by molar-refractivity contribution is -0.0743. The van der Waals surface area contributed by atoms with Crippen molar-refractivity contribution in [1.29, 1.82) is 0 Å². The first-order valence-corrected chi connectivity index (χ1v) is 6.76. The SMILES string of the molecule is CC(C)C(C/C=C(\O)[C@@H](O)[C@H](O)[C@H](O)CO)C(C)C. The summed E-state index contributed by atoms with van der Waals surface area (Å²) in [6.45, 7) is 7.70. The van der Waals surface area contributed by atoms with Crippen LogP contribution in [0.5, 0.6) is 0 Å². The Kier molecular flexibility index (Phi) is 8.25. The summed E-state index contributed by atoms with van der Waals surface area (Å²) >= 11 is 0. The van der Waals surface area contributed by atoms with Crippen LogP contribution in [-0.4, -0.2) is 50.5 Å². The van der Waals surface area contributed by atoms with Crippen molar-refractivity contribution in [3.05, 3.63) is 11.8 Å². The van der Waals surface area contributed by atoms with Gasteiger partial charge >= 0.3 is 0 Å². The molecular formula is C14H28O5. The van der Waals surface area contributed by atoms with Crippen LogP contribution >= 0.6 is 0 Å². The van der Waals surface area contributed by atoms with Crippen LogP contribution in [0.15, 0.2) is 11.8 Å². The van der Waals surface area contributed by atoms with Crippen LogP contribution in [-0.2, 0) is 0 Å². The van der Waals surface area contributed by atoms with Gasteiger partial charge in [0.15, 0.2) is 0 Å². The molecule has 0 bridgehead atoms. The van der Waals surface area contributed by atoms with Crippen molar-refractivity contribution in [2.75, 3.05) is 6.61 Å². The molecule has 0 aliphatic carbocycles. The van der Waals surface area contributed by atoms with Crippen molar-refractivity contribution >= 4 is 0 Å². The van der Waals surface area contributed by atoms with Gasteiger partial charge in [-0.05, 0) is 30.3 Å². The molecule has 19 heavy (non-hydrogen) atoms. The van der Waals surface area contributed by atoms with Crippen molar-refractivity contribution < 1.29 is 25.5 Å². The highest BCUT2D eigenvalue weighted by atomic mass is 16.4. The lowest BCUT2D eigenvalue weighted by Crippen LogP contribution is -2.40. The quantitative estimate of drug-likeness (QED) is 0.423. The average molecular weight is 276 g/mol. The second-order valence-corrected chi connectivity index (χ2v) is 5.70. The maximum atomic E-state index is 9.70. The van der Waals surface area contributed by atoms with E-state index in [1.807, 2.05) is 0 Å². The van der Waals surface area contributed by atoms with E-state index in [0.717, 1.165) is 0 Å². The molecule has 0 aliphatic heterocycles. The first-order chi connectivity index (χ1) is 8.72. The fraction of sp³-hybridized carbons (Fsp3) is 0.857. The second-order valence-electron chi connectivity index (χ2n) is 5.70. The van der Waals surface area contributed by atoms with E-state index in [9.17, 15) is 20.4 Å². The Labute approximate surface area is 115 Å². The summed E-state index contributed by atoms with van der Waals surface area (Å²) in [5, 5.41) is 46.7. The molecule has 5 N–H and O–H groups in total. The molecule has 3 atom stereocenters. The molecule has 0 fully saturated rings. The highest BCUT2D eigenvalue weighted by Crippen LogP contribution is 2.25. The lowest BCUT2D eigenvalue weighted by atomic mass is 9.83. The molecule has 0 saturated heterocycles. The number of hydrogen-bond donors (Lipinski definition) is 5. The normalized spacial score (nSPS) is 18.2. The van der Waals surface area contributed by atoms with Crippen LogP contribution in [0.4, 0.5) is 0 Å².